The number of rotatable bonds is 7. The minimum absolute atomic E-state index is 0.0243. The van der Waals surface area contributed by atoms with Crippen molar-refractivity contribution in [1.82, 2.24) is 5.32 Å². The molecule has 1 rings (SSSR count). The first kappa shape index (κ1) is 16.7. The van der Waals surface area contributed by atoms with Crippen LogP contribution in [-0.2, 0) is 11.2 Å². The lowest BCUT2D eigenvalue weighted by Crippen LogP contribution is -2.36. The number of benzene rings is 1. The van der Waals surface area contributed by atoms with Crippen molar-refractivity contribution in [1.29, 1.82) is 0 Å². The Labute approximate surface area is 122 Å². The maximum absolute atomic E-state index is 12.0. The molecular formula is C17H28N2O. The molecule has 0 aliphatic rings. The highest BCUT2D eigenvalue weighted by Crippen LogP contribution is 2.16. The maximum atomic E-state index is 12.0. The van der Waals surface area contributed by atoms with E-state index in [0.29, 0.717) is 12.5 Å². The zero-order chi connectivity index (χ0) is 15.1. The van der Waals surface area contributed by atoms with Crippen molar-refractivity contribution in [3.8, 4) is 0 Å². The van der Waals surface area contributed by atoms with Crippen molar-refractivity contribution in [2.24, 2.45) is 17.6 Å². The molecule has 0 saturated heterocycles. The van der Waals surface area contributed by atoms with Crippen LogP contribution in [0.4, 0.5) is 0 Å². The van der Waals surface area contributed by atoms with E-state index in [1.165, 1.54) is 5.56 Å². The largest absolute Gasteiger partial charge is 0.349 e. The Kier molecular flexibility index (Phi) is 6.73. The van der Waals surface area contributed by atoms with Crippen LogP contribution in [0.2, 0.25) is 0 Å². The molecule has 20 heavy (non-hydrogen) atoms. The summed E-state index contributed by atoms with van der Waals surface area (Å²) in [5.41, 5.74) is 8.08. The third kappa shape index (κ3) is 4.97. The molecule has 0 bridgehead atoms. The standard InChI is InChI=1S/C17H28N2O/c1-5-15(11-18)17(20)19-13(4)16-8-6-14(7-9-16)10-12(2)3/h6-9,12-13,15H,5,10-11,18H2,1-4H3,(H,19,20). The molecule has 112 valence electrons. The topological polar surface area (TPSA) is 55.1 Å². The van der Waals surface area contributed by atoms with Crippen molar-refractivity contribution in [2.75, 3.05) is 6.54 Å². The van der Waals surface area contributed by atoms with Crippen molar-refractivity contribution in [3.05, 3.63) is 35.4 Å². The summed E-state index contributed by atoms with van der Waals surface area (Å²) in [6.07, 6.45) is 1.87. The molecule has 0 radical (unpaired) electrons. The molecule has 1 aromatic carbocycles. The van der Waals surface area contributed by atoms with Gasteiger partial charge in [-0.05, 0) is 36.8 Å². The summed E-state index contributed by atoms with van der Waals surface area (Å²) in [4.78, 5) is 12.0. The number of hydrogen-bond donors (Lipinski definition) is 2. The molecule has 0 heterocycles. The van der Waals surface area contributed by atoms with Gasteiger partial charge in [-0.15, -0.1) is 0 Å². The van der Waals surface area contributed by atoms with Gasteiger partial charge in [-0.1, -0.05) is 45.0 Å². The number of nitrogens with one attached hydrogen (secondary N) is 1. The van der Waals surface area contributed by atoms with Crippen LogP contribution >= 0.6 is 0 Å². The van der Waals surface area contributed by atoms with E-state index >= 15 is 0 Å². The van der Waals surface area contributed by atoms with E-state index in [4.69, 9.17) is 5.73 Å². The van der Waals surface area contributed by atoms with Gasteiger partial charge in [0, 0.05) is 12.5 Å². The molecule has 0 spiro atoms. The summed E-state index contributed by atoms with van der Waals surface area (Å²) in [6, 6.07) is 8.53. The first-order valence-electron chi connectivity index (χ1n) is 7.57. The van der Waals surface area contributed by atoms with E-state index in [-0.39, 0.29) is 17.9 Å². The second-order valence-electron chi connectivity index (χ2n) is 5.91. The molecule has 1 aromatic rings. The first-order valence-corrected chi connectivity index (χ1v) is 7.57. The number of hydrogen-bond acceptors (Lipinski definition) is 2. The molecule has 3 heteroatoms. The van der Waals surface area contributed by atoms with E-state index in [2.05, 4.69) is 43.4 Å². The monoisotopic (exact) mass is 276 g/mol. The first-order chi connectivity index (χ1) is 9.47. The Balaban J connectivity index is 2.63. The molecule has 0 fully saturated rings. The summed E-state index contributed by atoms with van der Waals surface area (Å²) < 4.78 is 0. The van der Waals surface area contributed by atoms with Gasteiger partial charge in [-0.2, -0.15) is 0 Å². The zero-order valence-electron chi connectivity index (χ0n) is 13.1. The number of nitrogens with two attached hydrogens (primary N) is 1. The Morgan fingerprint density at radius 2 is 1.80 bits per heavy atom. The highest BCUT2D eigenvalue weighted by molar-refractivity contribution is 5.79. The fraction of sp³-hybridized carbons (Fsp3) is 0.588. The van der Waals surface area contributed by atoms with Gasteiger partial charge in [0.2, 0.25) is 5.91 Å². The fourth-order valence-electron chi connectivity index (χ4n) is 2.29. The summed E-state index contributed by atoms with van der Waals surface area (Å²) in [5.74, 6) is 0.624. The zero-order valence-corrected chi connectivity index (χ0v) is 13.1. The van der Waals surface area contributed by atoms with E-state index in [1.54, 1.807) is 0 Å². The average molecular weight is 276 g/mol. The molecule has 0 aliphatic carbocycles. The van der Waals surface area contributed by atoms with Crippen molar-refractivity contribution >= 4 is 5.91 Å². The highest BCUT2D eigenvalue weighted by Gasteiger charge is 2.17. The summed E-state index contributed by atoms with van der Waals surface area (Å²) >= 11 is 0. The summed E-state index contributed by atoms with van der Waals surface area (Å²) in [7, 11) is 0. The third-order valence-electron chi connectivity index (χ3n) is 3.63. The minimum Gasteiger partial charge on any atom is -0.349 e. The molecule has 3 nitrogen and oxygen atoms in total. The Morgan fingerprint density at radius 3 is 2.25 bits per heavy atom. The summed E-state index contributed by atoms with van der Waals surface area (Å²) in [5, 5.41) is 3.04. The lowest BCUT2D eigenvalue weighted by Gasteiger charge is -2.19. The van der Waals surface area contributed by atoms with Gasteiger partial charge in [0.15, 0.2) is 0 Å². The molecule has 0 saturated carbocycles. The quantitative estimate of drug-likeness (QED) is 0.804. The fourth-order valence-corrected chi connectivity index (χ4v) is 2.29. The maximum Gasteiger partial charge on any atom is 0.224 e. The summed E-state index contributed by atoms with van der Waals surface area (Å²) in [6.45, 7) is 8.84. The van der Waals surface area contributed by atoms with Gasteiger partial charge in [0.1, 0.15) is 0 Å². The van der Waals surface area contributed by atoms with Gasteiger partial charge in [-0.25, -0.2) is 0 Å². The minimum atomic E-state index is -0.0855. The van der Waals surface area contributed by atoms with Crippen LogP contribution in [0.1, 0.15) is 51.3 Å². The highest BCUT2D eigenvalue weighted by atomic mass is 16.1. The second kappa shape index (κ2) is 8.05. The molecule has 3 N–H and O–H groups in total. The van der Waals surface area contributed by atoms with E-state index in [0.717, 1.165) is 18.4 Å². The predicted octanol–water partition coefficient (Wildman–Crippen LogP) is 3.05. The van der Waals surface area contributed by atoms with Crippen LogP contribution in [-0.4, -0.2) is 12.5 Å². The molecule has 2 unspecified atom stereocenters. The SMILES string of the molecule is CCC(CN)C(=O)NC(C)c1ccc(CC(C)C)cc1. The number of amides is 1. The van der Waals surface area contributed by atoms with Crippen LogP contribution in [0.15, 0.2) is 24.3 Å². The van der Waals surface area contributed by atoms with Crippen molar-refractivity contribution < 1.29 is 4.79 Å². The van der Waals surface area contributed by atoms with Gasteiger partial charge in [0.25, 0.3) is 0 Å². The number of carbonyl (C=O) groups excluding carboxylic acids is 1. The predicted molar refractivity (Wildman–Crippen MR) is 84.4 cm³/mol. The average Bonchev–Trinajstić information content (AvgIpc) is 2.40. The lowest BCUT2D eigenvalue weighted by molar-refractivity contribution is -0.125. The van der Waals surface area contributed by atoms with Crippen LogP contribution in [0, 0.1) is 11.8 Å². The number of carbonyl (C=O) groups is 1. The molecule has 1 amide bonds. The molecule has 2 atom stereocenters. The van der Waals surface area contributed by atoms with E-state index in [9.17, 15) is 4.79 Å². The van der Waals surface area contributed by atoms with E-state index in [1.807, 2.05) is 13.8 Å². The van der Waals surface area contributed by atoms with Crippen LogP contribution in [0.25, 0.3) is 0 Å². The second-order valence-corrected chi connectivity index (χ2v) is 5.91. The van der Waals surface area contributed by atoms with Crippen molar-refractivity contribution in [2.45, 2.75) is 46.6 Å². The Bertz CT molecular complexity index is 408. The van der Waals surface area contributed by atoms with Crippen LogP contribution in [0.3, 0.4) is 0 Å². The smallest absolute Gasteiger partial charge is 0.224 e. The normalized spacial score (nSPS) is 14.1. The molecule has 0 aliphatic heterocycles. The lowest BCUT2D eigenvalue weighted by atomic mass is 9.99. The van der Waals surface area contributed by atoms with Crippen molar-refractivity contribution in [3.63, 3.8) is 0 Å². The van der Waals surface area contributed by atoms with Gasteiger partial charge in [-0.3, -0.25) is 4.79 Å². The Hall–Kier alpha value is -1.35. The van der Waals surface area contributed by atoms with Gasteiger partial charge in [0.05, 0.1) is 6.04 Å². The van der Waals surface area contributed by atoms with Gasteiger partial charge >= 0.3 is 0 Å². The Morgan fingerprint density at radius 1 is 1.20 bits per heavy atom. The van der Waals surface area contributed by atoms with Crippen LogP contribution in [0.5, 0.6) is 0 Å². The molecular weight excluding hydrogens is 248 g/mol. The van der Waals surface area contributed by atoms with Crippen LogP contribution < -0.4 is 11.1 Å². The third-order valence-corrected chi connectivity index (χ3v) is 3.63. The molecule has 0 aromatic heterocycles. The van der Waals surface area contributed by atoms with E-state index < -0.39 is 0 Å². The van der Waals surface area contributed by atoms with Gasteiger partial charge < -0.3 is 11.1 Å².